The Labute approximate surface area is 127 Å². The van der Waals surface area contributed by atoms with Gasteiger partial charge in [-0.1, -0.05) is 32.6 Å². The SMILES string of the molecule is CCCCCCCNCCCOc1ccc(C(=O)O)cc1. The summed E-state index contributed by atoms with van der Waals surface area (Å²) >= 11 is 0. The molecule has 1 aromatic carbocycles. The first kappa shape index (κ1) is 17.5. The third kappa shape index (κ3) is 8.35. The fourth-order valence-electron chi connectivity index (χ4n) is 2.06. The highest BCUT2D eigenvalue weighted by Crippen LogP contribution is 2.12. The normalized spacial score (nSPS) is 10.5. The molecule has 0 aliphatic heterocycles. The van der Waals surface area contributed by atoms with Crippen LogP contribution in [0.15, 0.2) is 24.3 Å². The summed E-state index contributed by atoms with van der Waals surface area (Å²) in [6, 6.07) is 6.52. The van der Waals surface area contributed by atoms with Crippen molar-refractivity contribution in [3.63, 3.8) is 0 Å². The fraction of sp³-hybridized carbons (Fsp3) is 0.588. The van der Waals surface area contributed by atoms with Crippen LogP contribution in [0.5, 0.6) is 5.75 Å². The second-order valence-corrected chi connectivity index (χ2v) is 5.20. The number of hydrogen-bond donors (Lipinski definition) is 2. The Balaban J connectivity index is 1.98. The van der Waals surface area contributed by atoms with Crippen LogP contribution in [-0.4, -0.2) is 30.8 Å². The average molecular weight is 293 g/mol. The third-order valence-corrected chi connectivity index (χ3v) is 3.32. The van der Waals surface area contributed by atoms with Crippen molar-refractivity contribution >= 4 is 5.97 Å². The van der Waals surface area contributed by atoms with Gasteiger partial charge in [0.2, 0.25) is 0 Å². The minimum Gasteiger partial charge on any atom is -0.494 e. The van der Waals surface area contributed by atoms with Crippen LogP contribution in [0.1, 0.15) is 55.8 Å². The summed E-state index contributed by atoms with van der Waals surface area (Å²) in [6.45, 7) is 4.92. The molecule has 4 heteroatoms. The first-order valence-corrected chi connectivity index (χ1v) is 7.91. The van der Waals surface area contributed by atoms with Crippen LogP contribution in [0.2, 0.25) is 0 Å². The number of nitrogens with one attached hydrogen (secondary N) is 1. The van der Waals surface area contributed by atoms with Gasteiger partial charge >= 0.3 is 5.97 Å². The van der Waals surface area contributed by atoms with E-state index in [4.69, 9.17) is 9.84 Å². The van der Waals surface area contributed by atoms with Gasteiger partial charge in [-0.3, -0.25) is 0 Å². The van der Waals surface area contributed by atoms with Gasteiger partial charge in [0, 0.05) is 0 Å². The number of aromatic carboxylic acids is 1. The molecule has 2 N–H and O–H groups in total. The highest BCUT2D eigenvalue weighted by Gasteiger charge is 2.01. The van der Waals surface area contributed by atoms with E-state index in [1.165, 1.54) is 32.1 Å². The number of unbranched alkanes of at least 4 members (excludes halogenated alkanes) is 4. The molecule has 0 aromatic heterocycles. The maximum atomic E-state index is 10.7. The summed E-state index contributed by atoms with van der Waals surface area (Å²) in [5.41, 5.74) is 0.284. The lowest BCUT2D eigenvalue weighted by molar-refractivity contribution is 0.0697. The molecule has 0 bridgehead atoms. The second-order valence-electron chi connectivity index (χ2n) is 5.20. The Morgan fingerprint density at radius 1 is 1.05 bits per heavy atom. The molecule has 1 rings (SSSR count). The number of carboxylic acids is 1. The lowest BCUT2D eigenvalue weighted by Gasteiger charge is -2.07. The van der Waals surface area contributed by atoms with Crippen molar-refractivity contribution in [3.8, 4) is 5.75 Å². The van der Waals surface area contributed by atoms with Crippen molar-refractivity contribution in [2.45, 2.75) is 45.4 Å². The van der Waals surface area contributed by atoms with Crippen molar-refractivity contribution in [2.24, 2.45) is 0 Å². The summed E-state index contributed by atoms with van der Waals surface area (Å²) < 4.78 is 5.57. The number of carbonyl (C=O) groups is 1. The summed E-state index contributed by atoms with van der Waals surface area (Å²) in [7, 11) is 0. The van der Waals surface area contributed by atoms with Crippen LogP contribution < -0.4 is 10.1 Å². The van der Waals surface area contributed by atoms with Gasteiger partial charge in [0.05, 0.1) is 12.2 Å². The molecular formula is C17H27NO3. The van der Waals surface area contributed by atoms with Gasteiger partial charge in [0.25, 0.3) is 0 Å². The molecule has 0 fully saturated rings. The van der Waals surface area contributed by atoms with Gasteiger partial charge in [0.15, 0.2) is 0 Å². The Hall–Kier alpha value is -1.55. The zero-order chi connectivity index (χ0) is 15.3. The average Bonchev–Trinajstić information content (AvgIpc) is 2.49. The van der Waals surface area contributed by atoms with Crippen LogP contribution in [0.4, 0.5) is 0 Å². The van der Waals surface area contributed by atoms with E-state index >= 15 is 0 Å². The predicted molar refractivity (Wildman–Crippen MR) is 85.1 cm³/mol. The van der Waals surface area contributed by atoms with Crippen LogP contribution in [0.3, 0.4) is 0 Å². The van der Waals surface area contributed by atoms with Crippen molar-refractivity contribution in [2.75, 3.05) is 19.7 Å². The number of carboxylic acid groups (broad SMARTS) is 1. The summed E-state index contributed by atoms with van der Waals surface area (Å²) in [4.78, 5) is 10.7. The predicted octanol–water partition coefficient (Wildman–Crippen LogP) is 3.71. The number of rotatable bonds is 12. The van der Waals surface area contributed by atoms with Gasteiger partial charge in [-0.15, -0.1) is 0 Å². The quantitative estimate of drug-likeness (QED) is 0.577. The molecule has 0 aliphatic rings. The molecule has 0 spiro atoms. The number of ether oxygens (including phenoxy) is 1. The fourth-order valence-corrected chi connectivity index (χ4v) is 2.06. The van der Waals surface area contributed by atoms with E-state index < -0.39 is 5.97 Å². The molecule has 0 radical (unpaired) electrons. The van der Waals surface area contributed by atoms with Crippen LogP contribution >= 0.6 is 0 Å². The van der Waals surface area contributed by atoms with E-state index in [0.29, 0.717) is 6.61 Å². The zero-order valence-corrected chi connectivity index (χ0v) is 12.9. The topological polar surface area (TPSA) is 58.6 Å². The van der Waals surface area contributed by atoms with Crippen molar-refractivity contribution in [3.05, 3.63) is 29.8 Å². The molecule has 0 aliphatic carbocycles. The van der Waals surface area contributed by atoms with Crippen molar-refractivity contribution in [1.29, 1.82) is 0 Å². The first-order chi connectivity index (χ1) is 10.2. The Morgan fingerprint density at radius 2 is 1.71 bits per heavy atom. The van der Waals surface area contributed by atoms with Gasteiger partial charge in [-0.2, -0.15) is 0 Å². The lowest BCUT2D eigenvalue weighted by atomic mass is 10.1. The van der Waals surface area contributed by atoms with E-state index in [2.05, 4.69) is 12.2 Å². The van der Waals surface area contributed by atoms with Gasteiger partial charge in [-0.25, -0.2) is 4.79 Å². The van der Waals surface area contributed by atoms with Crippen molar-refractivity contribution < 1.29 is 14.6 Å². The minimum absolute atomic E-state index is 0.284. The van der Waals surface area contributed by atoms with Gasteiger partial charge < -0.3 is 15.2 Å². The van der Waals surface area contributed by atoms with Gasteiger partial charge in [-0.05, 0) is 50.2 Å². The zero-order valence-electron chi connectivity index (χ0n) is 12.9. The van der Waals surface area contributed by atoms with E-state index in [-0.39, 0.29) is 5.56 Å². The molecule has 21 heavy (non-hydrogen) atoms. The molecule has 0 atom stereocenters. The Bertz CT molecular complexity index is 390. The highest BCUT2D eigenvalue weighted by molar-refractivity contribution is 5.87. The molecule has 0 unspecified atom stereocenters. The molecule has 1 aromatic rings. The molecule has 0 amide bonds. The standard InChI is InChI=1S/C17H27NO3/c1-2-3-4-5-6-12-18-13-7-14-21-16-10-8-15(9-11-16)17(19)20/h8-11,18H,2-7,12-14H2,1H3,(H,19,20). The third-order valence-electron chi connectivity index (χ3n) is 3.32. The molecule has 0 saturated heterocycles. The van der Waals surface area contributed by atoms with E-state index in [1.54, 1.807) is 24.3 Å². The van der Waals surface area contributed by atoms with E-state index in [1.807, 2.05) is 0 Å². The molecule has 118 valence electrons. The molecule has 0 saturated carbocycles. The number of benzene rings is 1. The summed E-state index contributed by atoms with van der Waals surface area (Å²) in [5, 5.41) is 12.2. The lowest BCUT2D eigenvalue weighted by Crippen LogP contribution is -2.18. The summed E-state index contributed by atoms with van der Waals surface area (Å²) in [6.07, 6.45) is 7.49. The minimum atomic E-state index is -0.912. The van der Waals surface area contributed by atoms with Gasteiger partial charge in [0.1, 0.15) is 5.75 Å². The molecule has 0 heterocycles. The second kappa shape index (κ2) is 11.1. The van der Waals surface area contributed by atoms with Crippen LogP contribution in [0.25, 0.3) is 0 Å². The smallest absolute Gasteiger partial charge is 0.335 e. The molecular weight excluding hydrogens is 266 g/mol. The number of hydrogen-bond acceptors (Lipinski definition) is 3. The monoisotopic (exact) mass is 293 g/mol. The Morgan fingerprint density at radius 3 is 2.38 bits per heavy atom. The highest BCUT2D eigenvalue weighted by atomic mass is 16.5. The largest absolute Gasteiger partial charge is 0.494 e. The first-order valence-electron chi connectivity index (χ1n) is 7.91. The maximum Gasteiger partial charge on any atom is 0.335 e. The van der Waals surface area contributed by atoms with E-state index in [9.17, 15) is 4.79 Å². The Kier molecular flexibility index (Phi) is 9.29. The van der Waals surface area contributed by atoms with Crippen LogP contribution in [-0.2, 0) is 0 Å². The van der Waals surface area contributed by atoms with E-state index in [0.717, 1.165) is 25.3 Å². The van der Waals surface area contributed by atoms with Crippen LogP contribution in [0, 0.1) is 0 Å². The molecule has 4 nitrogen and oxygen atoms in total. The maximum absolute atomic E-state index is 10.7. The summed E-state index contributed by atoms with van der Waals surface area (Å²) in [5.74, 6) is -0.191. The van der Waals surface area contributed by atoms with Crippen molar-refractivity contribution in [1.82, 2.24) is 5.32 Å².